The number of fused-ring (bicyclic) bond motifs is 1. The van der Waals surface area contributed by atoms with Gasteiger partial charge in [0, 0.05) is 6.54 Å². The molecule has 3 aromatic heterocycles. The average molecular weight is 326 g/mol. The van der Waals surface area contributed by atoms with Crippen molar-refractivity contribution >= 4 is 22.8 Å². The van der Waals surface area contributed by atoms with E-state index in [1.165, 1.54) is 0 Å². The van der Waals surface area contributed by atoms with Crippen molar-refractivity contribution in [2.45, 2.75) is 24.4 Å². The lowest BCUT2D eigenvalue weighted by atomic mass is 10.3. The maximum absolute atomic E-state index is 5.62. The summed E-state index contributed by atoms with van der Waals surface area (Å²) in [5, 5.41) is 9.02. The Labute approximate surface area is 136 Å². The van der Waals surface area contributed by atoms with Crippen molar-refractivity contribution in [1.29, 1.82) is 0 Å². The summed E-state index contributed by atoms with van der Waals surface area (Å²) in [7, 11) is 0. The van der Waals surface area contributed by atoms with Crippen LogP contribution >= 0.6 is 11.8 Å². The van der Waals surface area contributed by atoms with Crippen molar-refractivity contribution in [2.75, 3.05) is 0 Å². The number of furan rings is 1. The summed E-state index contributed by atoms with van der Waals surface area (Å²) in [5.74, 6) is 2.09. The van der Waals surface area contributed by atoms with Crippen LogP contribution in [0, 0.1) is 0 Å². The number of hydrogen-bond donors (Lipinski definition) is 0. The highest BCUT2D eigenvalue weighted by Gasteiger charge is 2.14. The van der Waals surface area contributed by atoms with Gasteiger partial charge in [0.15, 0.2) is 10.9 Å². The second-order valence-electron chi connectivity index (χ2n) is 4.89. The standard InChI is InChI=1S/C16H14N4O2S/c1-2-20-12-7-4-3-6-11(12)17-16(20)23-10-14-18-19-15(22-14)13-8-5-9-21-13/h3-9H,2,10H2,1H3. The maximum atomic E-state index is 5.62. The predicted octanol–water partition coefficient (Wildman–Crippen LogP) is 3.99. The second kappa shape index (κ2) is 5.92. The molecule has 0 saturated heterocycles. The lowest BCUT2D eigenvalue weighted by Gasteiger charge is -2.03. The van der Waals surface area contributed by atoms with Gasteiger partial charge in [0.25, 0.3) is 5.89 Å². The van der Waals surface area contributed by atoms with Gasteiger partial charge in [-0.3, -0.25) is 0 Å². The highest BCUT2D eigenvalue weighted by Crippen LogP contribution is 2.27. The first kappa shape index (κ1) is 14.1. The molecule has 7 heteroatoms. The first-order chi connectivity index (χ1) is 11.3. The molecule has 4 aromatic rings. The lowest BCUT2D eigenvalue weighted by molar-refractivity contribution is 0.494. The van der Waals surface area contributed by atoms with Crippen molar-refractivity contribution < 1.29 is 8.83 Å². The number of hydrogen-bond acceptors (Lipinski definition) is 6. The molecule has 0 fully saturated rings. The Kier molecular flexibility index (Phi) is 3.63. The zero-order valence-corrected chi connectivity index (χ0v) is 13.3. The van der Waals surface area contributed by atoms with Crippen molar-refractivity contribution in [1.82, 2.24) is 19.7 Å². The molecule has 23 heavy (non-hydrogen) atoms. The maximum Gasteiger partial charge on any atom is 0.283 e. The van der Waals surface area contributed by atoms with Gasteiger partial charge in [-0.05, 0) is 31.2 Å². The Bertz CT molecular complexity index is 927. The number of rotatable bonds is 5. The molecule has 3 heterocycles. The van der Waals surface area contributed by atoms with Crippen LogP contribution in [0.1, 0.15) is 12.8 Å². The third-order valence-corrected chi connectivity index (χ3v) is 4.42. The van der Waals surface area contributed by atoms with E-state index in [4.69, 9.17) is 8.83 Å². The highest BCUT2D eigenvalue weighted by molar-refractivity contribution is 7.98. The van der Waals surface area contributed by atoms with E-state index in [0.29, 0.717) is 23.3 Å². The number of imidazole rings is 1. The molecule has 0 saturated carbocycles. The Morgan fingerprint density at radius 3 is 2.87 bits per heavy atom. The molecule has 0 radical (unpaired) electrons. The van der Waals surface area contributed by atoms with Gasteiger partial charge in [-0.25, -0.2) is 4.98 Å². The lowest BCUT2D eigenvalue weighted by Crippen LogP contribution is -1.96. The van der Waals surface area contributed by atoms with E-state index < -0.39 is 0 Å². The third-order valence-electron chi connectivity index (χ3n) is 3.46. The van der Waals surface area contributed by atoms with E-state index in [0.717, 1.165) is 22.7 Å². The minimum absolute atomic E-state index is 0.398. The predicted molar refractivity (Wildman–Crippen MR) is 87.0 cm³/mol. The van der Waals surface area contributed by atoms with Crippen LogP contribution in [0.3, 0.4) is 0 Å². The monoisotopic (exact) mass is 326 g/mol. The molecular formula is C16H14N4O2S. The van der Waals surface area contributed by atoms with E-state index in [1.54, 1.807) is 30.2 Å². The van der Waals surface area contributed by atoms with Crippen molar-refractivity contribution in [2.24, 2.45) is 0 Å². The van der Waals surface area contributed by atoms with Crippen LogP contribution in [0.25, 0.3) is 22.7 Å². The van der Waals surface area contributed by atoms with Gasteiger partial charge in [0.1, 0.15) is 0 Å². The summed E-state index contributed by atoms with van der Waals surface area (Å²) < 4.78 is 13.1. The minimum Gasteiger partial charge on any atom is -0.459 e. The van der Waals surface area contributed by atoms with Gasteiger partial charge >= 0.3 is 0 Å². The molecule has 0 atom stereocenters. The third kappa shape index (κ3) is 2.63. The largest absolute Gasteiger partial charge is 0.459 e. The Morgan fingerprint density at radius 2 is 2.04 bits per heavy atom. The molecule has 0 amide bonds. The summed E-state index contributed by atoms with van der Waals surface area (Å²) >= 11 is 1.59. The Morgan fingerprint density at radius 1 is 1.13 bits per heavy atom. The van der Waals surface area contributed by atoms with E-state index in [-0.39, 0.29) is 0 Å². The van der Waals surface area contributed by atoms with Gasteiger partial charge in [0.05, 0.1) is 23.0 Å². The first-order valence-corrected chi connectivity index (χ1v) is 8.28. The second-order valence-corrected chi connectivity index (χ2v) is 5.84. The fraction of sp³-hybridized carbons (Fsp3) is 0.188. The van der Waals surface area contributed by atoms with Gasteiger partial charge in [0.2, 0.25) is 5.89 Å². The zero-order valence-electron chi connectivity index (χ0n) is 12.5. The van der Waals surface area contributed by atoms with Gasteiger partial charge in [-0.2, -0.15) is 0 Å². The van der Waals surface area contributed by atoms with Crippen molar-refractivity contribution in [3.05, 3.63) is 48.6 Å². The highest BCUT2D eigenvalue weighted by atomic mass is 32.2. The molecule has 0 bridgehead atoms. The van der Waals surface area contributed by atoms with E-state index in [9.17, 15) is 0 Å². The SMILES string of the molecule is CCn1c(SCc2nnc(-c3ccco3)o2)nc2ccccc21. The van der Waals surface area contributed by atoms with Crippen LogP contribution < -0.4 is 0 Å². The minimum atomic E-state index is 0.398. The van der Waals surface area contributed by atoms with Crippen LogP contribution in [0.2, 0.25) is 0 Å². The number of benzene rings is 1. The summed E-state index contributed by atoms with van der Waals surface area (Å²) in [6, 6.07) is 11.7. The molecule has 0 N–H and O–H groups in total. The Hall–Kier alpha value is -2.54. The molecule has 0 unspecified atom stereocenters. The van der Waals surface area contributed by atoms with Crippen LogP contribution in [-0.2, 0) is 12.3 Å². The number of para-hydroxylation sites is 2. The van der Waals surface area contributed by atoms with Crippen LogP contribution in [0.5, 0.6) is 0 Å². The fourth-order valence-corrected chi connectivity index (χ4v) is 3.32. The molecule has 116 valence electrons. The van der Waals surface area contributed by atoms with Crippen molar-refractivity contribution in [3.8, 4) is 11.7 Å². The zero-order chi connectivity index (χ0) is 15.6. The van der Waals surface area contributed by atoms with Crippen LogP contribution in [0.15, 0.2) is 56.7 Å². The van der Waals surface area contributed by atoms with Crippen LogP contribution in [0.4, 0.5) is 0 Å². The molecule has 0 aliphatic rings. The molecule has 6 nitrogen and oxygen atoms in total. The summed E-state index contributed by atoms with van der Waals surface area (Å²) in [6.45, 7) is 2.98. The smallest absolute Gasteiger partial charge is 0.283 e. The molecular weight excluding hydrogens is 312 g/mol. The van der Waals surface area contributed by atoms with Crippen LogP contribution in [-0.4, -0.2) is 19.7 Å². The fourth-order valence-electron chi connectivity index (χ4n) is 2.41. The number of thioether (sulfide) groups is 1. The number of aromatic nitrogens is 4. The molecule has 0 aliphatic heterocycles. The molecule has 1 aromatic carbocycles. The summed E-state index contributed by atoms with van der Waals surface area (Å²) in [5.41, 5.74) is 2.14. The number of nitrogens with zero attached hydrogens (tertiary/aromatic N) is 4. The normalized spacial score (nSPS) is 11.3. The quantitative estimate of drug-likeness (QED) is 0.516. The number of aryl methyl sites for hydroxylation is 1. The van der Waals surface area contributed by atoms with E-state index in [2.05, 4.69) is 32.7 Å². The molecule has 4 rings (SSSR count). The van der Waals surface area contributed by atoms with Gasteiger partial charge in [-0.15, -0.1) is 10.2 Å². The summed E-state index contributed by atoms with van der Waals surface area (Å²) in [6.07, 6.45) is 1.58. The summed E-state index contributed by atoms with van der Waals surface area (Å²) in [4.78, 5) is 4.67. The Balaban J connectivity index is 1.55. The molecule has 0 aliphatic carbocycles. The first-order valence-electron chi connectivity index (χ1n) is 7.29. The van der Waals surface area contributed by atoms with Crippen molar-refractivity contribution in [3.63, 3.8) is 0 Å². The molecule has 0 spiro atoms. The van der Waals surface area contributed by atoms with E-state index in [1.807, 2.05) is 18.2 Å². The van der Waals surface area contributed by atoms with Gasteiger partial charge < -0.3 is 13.4 Å². The average Bonchev–Trinajstić information content (AvgIpc) is 3.30. The van der Waals surface area contributed by atoms with Gasteiger partial charge in [-0.1, -0.05) is 23.9 Å². The van der Waals surface area contributed by atoms with E-state index >= 15 is 0 Å². The topological polar surface area (TPSA) is 69.9 Å².